The van der Waals surface area contributed by atoms with Crippen LogP contribution in [-0.2, 0) is 0 Å². The highest BCUT2D eigenvalue weighted by Gasteiger charge is 2.31. The number of nitrogens with two attached hydrogens (primary N) is 1. The first-order chi connectivity index (χ1) is 7.29. The van der Waals surface area contributed by atoms with Crippen molar-refractivity contribution in [2.75, 3.05) is 0 Å². The molecule has 1 aromatic rings. The molecule has 0 saturated carbocycles. The van der Waals surface area contributed by atoms with E-state index in [2.05, 4.69) is 4.74 Å². The van der Waals surface area contributed by atoms with Crippen LogP contribution < -0.4 is 10.5 Å². The van der Waals surface area contributed by atoms with E-state index in [4.69, 9.17) is 5.73 Å². The van der Waals surface area contributed by atoms with E-state index < -0.39 is 24.6 Å². The molecule has 1 aromatic carbocycles. The van der Waals surface area contributed by atoms with Crippen molar-refractivity contribution in [1.82, 2.24) is 0 Å². The molecule has 0 spiro atoms. The van der Waals surface area contributed by atoms with Gasteiger partial charge in [-0.1, -0.05) is 12.1 Å². The molecule has 2 N–H and O–H groups in total. The van der Waals surface area contributed by atoms with Crippen LogP contribution in [-0.4, -0.2) is 12.8 Å². The Morgan fingerprint density at radius 2 is 1.81 bits per heavy atom. The highest BCUT2D eigenvalue weighted by Crippen LogP contribution is 2.26. The van der Waals surface area contributed by atoms with Gasteiger partial charge in [0.05, 0.1) is 6.04 Å². The van der Waals surface area contributed by atoms with Crippen molar-refractivity contribution in [3.8, 4) is 5.75 Å². The number of hydrogen-bond acceptors (Lipinski definition) is 2. The maximum absolute atomic E-state index is 12.2. The van der Waals surface area contributed by atoms with Crippen LogP contribution in [0.15, 0.2) is 24.3 Å². The first-order valence-corrected chi connectivity index (χ1v) is 4.19. The Hall–Kier alpha value is -1.37. The van der Waals surface area contributed by atoms with Crippen LogP contribution in [0.3, 0.4) is 0 Å². The first-order valence-electron chi connectivity index (χ1n) is 4.19. The third-order valence-electron chi connectivity index (χ3n) is 1.75. The zero-order chi connectivity index (χ0) is 12.3. The molecule has 0 saturated heterocycles. The molecule has 16 heavy (non-hydrogen) atoms. The summed E-state index contributed by atoms with van der Waals surface area (Å²) in [6.45, 7) is 0. The van der Waals surface area contributed by atoms with Crippen LogP contribution in [0.5, 0.6) is 5.75 Å². The summed E-state index contributed by atoms with van der Waals surface area (Å²) in [5, 5.41) is 0. The lowest BCUT2D eigenvalue weighted by Gasteiger charge is -2.13. The molecule has 0 aliphatic carbocycles. The second kappa shape index (κ2) is 4.65. The zero-order valence-corrected chi connectivity index (χ0v) is 7.84. The van der Waals surface area contributed by atoms with E-state index in [9.17, 15) is 22.0 Å². The molecule has 1 rings (SSSR count). The summed E-state index contributed by atoms with van der Waals surface area (Å²) in [7, 11) is 0. The molecule has 0 aliphatic rings. The molecule has 0 unspecified atom stereocenters. The molecular formula is C9H8F5NO. The second-order valence-corrected chi connectivity index (χ2v) is 2.98. The van der Waals surface area contributed by atoms with E-state index in [1.807, 2.05) is 0 Å². The number of alkyl halides is 5. The van der Waals surface area contributed by atoms with E-state index in [0.29, 0.717) is 0 Å². The topological polar surface area (TPSA) is 35.2 Å². The smallest absolute Gasteiger partial charge is 0.406 e. The Morgan fingerprint density at radius 3 is 2.31 bits per heavy atom. The molecule has 0 radical (unpaired) electrons. The third-order valence-corrected chi connectivity index (χ3v) is 1.75. The van der Waals surface area contributed by atoms with Gasteiger partial charge in [-0.15, -0.1) is 13.2 Å². The predicted octanol–water partition coefficient (Wildman–Crippen LogP) is 2.85. The van der Waals surface area contributed by atoms with Gasteiger partial charge in [0.1, 0.15) is 5.75 Å². The van der Waals surface area contributed by atoms with Gasteiger partial charge in [-0.25, -0.2) is 8.78 Å². The minimum atomic E-state index is -4.85. The van der Waals surface area contributed by atoms with Crippen molar-refractivity contribution in [2.24, 2.45) is 5.73 Å². The molecule has 1 atom stereocenters. The minimum Gasteiger partial charge on any atom is -0.406 e. The molecular weight excluding hydrogens is 233 g/mol. The predicted molar refractivity (Wildman–Crippen MR) is 46.1 cm³/mol. The van der Waals surface area contributed by atoms with Gasteiger partial charge in [0, 0.05) is 0 Å². The minimum absolute atomic E-state index is 0.114. The summed E-state index contributed by atoms with van der Waals surface area (Å²) in [5.41, 5.74) is 4.97. The maximum Gasteiger partial charge on any atom is 0.573 e. The van der Waals surface area contributed by atoms with Gasteiger partial charge in [0.2, 0.25) is 0 Å². The Balaban J connectivity index is 2.87. The fourth-order valence-electron chi connectivity index (χ4n) is 1.06. The summed E-state index contributed by atoms with van der Waals surface area (Å²) in [5.74, 6) is -0.568. The first kappa shape index (κ1) is 12.7. The van der Waals surface area contributed by atoms with E-state index in [-0.39, 0.29) is 5.56 Å². The summed E-state index contributed by atoms with van der Waals surface area (Å²) in [6.07, 6.45) is -7.70. The Morgan fingerprint density at radius 1 is 1.19 bits per heavy atom. The molecule has 0 aromatic heterocycles. The van der Waals surface area contributed by atoms with Gasteiger partial charge in [-0.2, -0.15) is 0 Å². The molecule has 0 amide bonds. The zero-order valence-electron chi connectivity index (χ0n) is 7.84. The van der Waals surface area contributed by atoms with Crippen LogP contribution in [0.1, 0.15) is 11.6 Å². The molecule has 7 heteroatoms. The van der Waals surface area contributed by atoms with E-state index in [1.165, 1.54) is 12.1 Å². The van der Waals surface area contributed by atoms with Gasteiger partial charge in [-0.05, 0) is 17.7 Å². The summed E-state index contributed by atoms with van der Waals surface area (Å²) < 4.78 is 63.5. The SMILES string of the molecule is N[C@H](c1cccc(OC(F)(F)F)c1)C(F)F. The van der Waals surface area contributed by atoms with Crippen molar-refractivity contribution in [3.63, 3.8) is 0 Å². The summed E-state index contributed by atoms with van der Waals surface area (Å²) >= 11 is 0. The van der Waals surface area contributed by atoms with Gasteiger partial charge < -0.3 is 10.5 Å². The van der Waals surface area contributed by atoms with Crippen LogP contribution in [0.2, 0.25) is 0 Å². The summed E-state index contributed by atoms with van der Waals surface area (Å²) in [6, 6.07) is 2.59. The Bertz CT molecular complexity index is 352. The molecule has 0 fully saturated rings. The third kappa shape index (κ3) is 3.65. The number of rotatable bonds is 3. The lowest BCUT2D eigenvalue weighted by molar-refractivity contribution is -0.274. The van der Waals surface area contributed by atoms with E-state index in [0.717, 1.165) is 12.1 Å². The lowest BCUT2D eigenvalue weighted by Crippen LogP contribution is -2.20. The molecule has 0 bridgehead atoms. The molecule has 2 nitrogen and oxygen atoms in total. The van der Waals surface area contributed by atoms with Crippen molar-refractivity contribution < 1.29 is 26.7 Å². The fraction of sp³-hybridized carbons (Fsp3) is 0.333. The average Bonchev–Trinajstić information content (AvgIpc) is 2.14. The van der Waals surface area contributed by atoms with Crippen molar-refractivity contribution in [2.45, 2.75) is 18.8 Å². The maximum atomic E-state index is 12.2. The average molecular weight is 241 g/mol. The normalized spacial score (nSPS) is 13.9. The van der Waals surface area contributed by atoms with Crippen molar-refractivity contribution >= 4 is 0 Å². The molecule has 90 valence electrons. The highest BCUT2D eigenvalue weighted by atomic mass is 19.4. The van der Waals surface area contributed by atoms with Crippen LogP contribution in [0.25, 0.3) is 0 Å². The van der Waals surface area contributed by atoms with Gasteiger partial charge >= 0.3 is 6.36 Å². The van der Waals surface area contributed by atoms with Gasteiger partial charge in [-0.3, -0.25) is 0 Å². The molecule has 0 heterocycles. The largest absolute Gasteiger partial charge is 0.573 e. The van der Waals surface area contributed by atoms with Gasteiger partial charge in [0.15, 0.2) is 0 Å². The molecule has 0 aliphatic heterocycles. The van der Waals surface area contributed by atoms with E-state index >= 15 is 0 Å². The second-order valence-electron chi connectivity index (χ2n) is 2.98. The van der Waals surface area contributed by atoms with E-state index in [1.54, 1.807) is 0 Å². The number of benzene rings is 1. The standard InChI is InChI=1S/C9H8F5NO/c10-8(11)7(15)5-2-1-3-6(4-5)16-9(12,13)14/h1-4,7-8H,15H2/t7-/m1/s1. The monoisotopic (exact) mass is 241 g/mol. The fourth-order valence-corrected chi connectivity index (χ4v) is 1.06. The van der Waals surface area contributed by atoms with Crippen LogP contribution in [0.4, 0.5) is 22.0 Å². The quantitative estimate of drug-likeness (QED) is 0.826. The Labute approximate surface area is 87.8 Å². The van der Waals surface area contributed by atoms with Gasteiger partial charge in [0.25, 0.3) is 6.43 Å². The number of ether oxygens (including phenoxy) is 1. The highest BCUT2D eigenvalue weighted by molar-refractivity contribution is 5.30. The Kier molecular flexibility index (Phi) is 3.69. The van der Waals surface area contributed by atoms with Crippen molar-refractivity contribution in [3.05, 3.63) is 29.8 Å². The number of halogens is 5. The van der Waals surface area contributed by atoms with Crippen LogP contribution in [0, 0.1) is 0 Å². The summed E-state index contributed by atoms with van der Waals surface area (Å²) in [4.78, 5) is 0. The lowest BCUT2D eigenvalue weighted by atomic mass is 10.1. The van der Waals surface area contributed by atoms with Crippen LogP contribution >= 0.6 is 0 Å². The number of hydrogen-bond donors (Lipinski definition) is 1. The van der Waals surface area contributed by atoms with Crippen molar-refractivity contribution in [1.29, 1.82) is 0 Å².